The van der Waals surface area contributed by atoms with Crippen LogP contribution in [0.5, 0.6) is 0 Å². The molecule has 0 radical (unpaired) electrons. The molecule has 1 heterocycles. The van der Waals surface area contributed by atoms with Gasteiger partial charge in [-0.3, -0.25) is 15.0 Å². The van der Waals surface area contributed by atoms with Crippen LogP contribution in [-0.4, -0.2) is 40.5 Å². The number of pyridine rings is 1. The van der Waals surface area contributed by atoms with Crippen LogP contribution in [0.1, 0.15) is 39.7 Å². The number of hydrogen-bond donors (Lipinski definition) is 1. The molecule has 0 aliphatic rings. The first-order valence-corrected chi connectivity index (χ1v) is 7.95. The Balaban J connectivity index is 2.88. The van der Waals surface area contributed by atoms with Gasteiger partial charge < -0.3 is 5.32 Å². The molecule has 1 aromatic rings. The first-order chi connectivity index (χ1) is 10.9. The Labute approximate surface area is 137 Å². The SMILES string of the molecule is CCN(CC)[C@@H](CNc1ncc([N+](=O)[O-])cc1C#N)CC(C)C. The van der Waals surface area contributed by atoms with Gasteiger partial charge in [0.25, 0.3) is 5.69 Å². The number of aromatic nitrogens is 1. The number of nitrogens with zero attached hydrogens (tertiary/aromatic N) is 4. The van der Waals surface area contributed by atoms with Crippen LogP contribution >= 0.6 is 0 Å². The number of anilines is 1. The third-order valence-electron chi connectivity index (χ3n) is 3.78. The molecule has 7 nitrogen and oxygen atoms in total. The summed E-state index contributed by atoms with van der Waals surface area (Å²) in [6.45, 7) is 11.2. The molecular formula is C16H25N5O2. The van der Waals surface area contributed by atoms with Gasteiger partial charge in [-0.15, -0.1) is 0 Å². The summed E-state index contributed by atoms with van der Waals surface area (Å²) in [7, 11) is 0. The van der Waals surface area contributed by atoms with Gasteiger partial charge in [-0.2, -0.15) is 5.26 Å². The maximum Gasteiger partial charge on any atom is 0.289 e. The van der Waals surface area contributed by atoms with Crippen LogP contribution in [-0.2, 0) is 0 Å². The largest absolute Gasteiger partial charge is 0.367 e. The Hall–Kier alpha value is -2.20. The predicted octanol–water partition coefficient (Wildman–Crippen LogP) is 3.03. The number of nitro groups is 1. The Kier molecular flexibility index (Phi) is 7.42. The molecule has 0 amide bonds. The topological polar surface area (TPSA) is 95.1 Å². The van der Waals surface area contributed by atoms with Crippen molar-refractivity contribution in [3.8, 4) is 6.07 Å². The maximum atomic E-state index is 10.8. The minimum atomic E-state index is -0.547. The highest BCUT2D eigenvalue weighted by atomic mass is 16.6. The lowest BCUT2D eigenvalue weighted by Crippen LogP contribution is -2.41. The Morgan fingerprint density at radius 2 is 2.09 bits per heavy atom. The first kappa shape index (κ1) is 18.8. The van der Waals surface area contributed by atoms with Gasteiger partial charge in [0.05, 0.1) is 4.92 Å². The summed E-state index contributed by atoms with van der Waals surface area (Å²) in [5.41, 5.74) is 0.0246. The van der Waals surface area contributed by atoms with Gasteiger partial charge in [-0.05, 0) is 25.4 Å². The molecule has 0 aliphatic heterocycles. The van der Waals surface area contributed by atoms with Crippen molar-refractivity contribution >= 4 is 11.5 Å². The lowest BCUT2D eigenvalue weighted by molar-refractivity contribution is -0.385. The Morgan fingerprint density at radius 3 is 2.57 bits per heavy atom. The summed E-state index contributed by atoms with van der Waals surface area (Å²) >= 11 is 0. The minimum Gasteiger partial charge on any atom is -0.367 e. The van der Waals surface area contributed by atoms with E-state index < -0.39 is 4.92 Å². The number of hydrogen-bond acceptors (Lipinski definition) is 6. The van der Waals surface area contributed by atoms with Crippen molar-refractivity contribution < 1.29 is 4.92 Å². The van der Waals surface area contributed by atoms with Crippen molar-refractivity contribution in [2.24, 2.45) is 5.92 Å². The van der Waals surface area contributed by atoms with E-state index >= 15 is 0 Å². The predicted molar refractivity (Wildman–Crippen MR) is 90.3 cm³/mol. The van der Waals surface area contributed by atoms with Crippen molar-refractivity contribution in [1.82, 2.24) is 9.88 Å². The molecule has 1 rings (SSSR count). The van der Waals surface area contributed by atoms with Crippen LogP contribution in [0.4, 0.5) is 11.5 Å². The molecule has 0 bridgehead atoms. The third kappa shape index (κ3) is 5.49. The molecule has 0 aromatic carbocycles. The van der Waals surface area contributed by atoms with Crippen LogP contribution in [0.15, 0.2) is 12.3 Å². The molecule has 7 heteroatoms. The van der Waals surface area contributed by atoms with Crippen LogP contribution in [0.25, 0.3) is 0 Å². The van der Waals surface area contributed by atoms with E-state index in [9.17, 15) is 15.4 Å². The fourth-order valence-electron chi connectivity index (χ4n) is 2.64. The van der Waals surface area contributed by atoms with Crippen LogP contribution in [0.2, 0.25) is 0 Å². The van der Waals surface area contributed by atoms with E-state index in [2.05, 4.69) is 42.9 Å². The van der Waals surface area contributed by atoms with Gasteiger partial charge in [0.15, 0.2) is 0 Å². The molecule has 0 unspecified atom stereocenters. The zero-order valence-corrected chi connectivity index (χ0v) is 14.2. The highest BCUT2D eigenvalue weighted by molar-refractivity contribution is 5.55. The maximum absolute atomic E-state index is 10.8. The number of nitriles is 1. The second kappa shape index (κ2) is 9.06. The summed E-state index contributed by atoms with van der Waals surface area (Å²) in [5, 5.41) is 23.1. The van der Waals surface area contributed by atoms with E-state index in [1.54, 1.807) is 0 Å². The van der Waals surface area contributed by atoms with Crippen molar-refractivity contribution in [1.29, 1.82) is 5.26 Å². The van der Waals surface area contributed by atoms with Crippen molar-refractivity contribution in [3.63, 3.8) is 0 Å². The Bertz CT molecular complexity index is 564. The second-order valence-corrected chi connectivity index (χ2v) is 5.84. The van der Waals surface area contributed by atoms with Crippen molar-refractivity contribution in [3.05, 3.63) is 27.9 Å². The Morgan fingerprint density at radius 1 is 1.43 bits per heavy atom. The summed E-state index contributed by atoms with van der Waals surface area (Å²) in [4.78, 5) is 16.6. The molecule has 0 saturated carbocycles. The van der Waals surface area contributed by atoms with Gasteiger partial charge in [0.2, 0.25) is 0 Å². The van der Waals surface area contributed by atoms with E-state index in [-0.39, 0.29) is 11.3 Å². The zero-order chi connectivity index (χ0) is 17.4. The van der Waals surface area contributed by atoms with Crippen LogP contribution < -0.4 is 5.32 Å². The van der Waals surface area contributed by atoms with Crippen molar-refractivity contribution in [2.75, 3.05) is 25.0 Å². The molecule has 23 heavy (non-hydrogen) atoms. The van der Waals surface area contributed by atoms with E-state index in [0.717, 1.165) is 19.5 Å². The van der Waals surface area contributed by atoms with E-state index in [0.29, 0.717) is 24.3 Å². The summed E-state index contributed by atoms with van der Waals surface area (Å²) in [6, 6.07) is 3.55. The fourth-order valence-corrected chi connectivity index (χ4v) is 2.64. The smallest absolute Gasteiger partial charge is 0.289 e. The first-order valence-electron chi connectivity index (χ1n) is 7.95. The highest BCUT2D eigenvalue weighted by Crippen LogP contribution is 2.19. The third-order valence-corrected chi connectivity index (χ3v) is 3.78. The normalized spacial score (nSPS) is 12.2. The number of rotatable bonds is 9. The van der Waals surface area contributed by atoms with Crippen LogP contribution in [0.3, 0.4) is 0 Å². The lowest BCUT2D eigenvalue weighted by atomic mass is 10.0. The van der Waals surface area contributed by atoms with E-state index in [4.69, 9.17) is 0 Å². The van der Waals surface area contributed by atoms with Gasteiger partial charge >= 0.3 is 0 Å². The summed E-state index contributed by atoms with van der Waals surface area (Å²) in [5.74, 6) is 0.960. The fraction of sp³-hybridized carbons (Fsp3) is 0.625. The lowest BCUT2D eigenvalue weighted by Gasteiger charge is -2.31. The van der Waals surface area contributed by atoms with Crippen LogP contribution in [0, 0.1) is 27.4 Å². The molecular weight excluding hydrogens is 294 g/mol. The molecule has 1 aromatic heterocycles. The molecule has 1 N–H and O–H groups in total. The van der Waals surface area contributed by atoms with Crippen molar-refractivity contribution in [2.45, 2.75) is 40.2 Å². The number of likely N-dealkylation sites (N-methyl/N-ethyl adjacent to an activating group) is 1. The minimum absolute atomic E-state index is 0.172. The molecule has 0 fully saturated rings. The highest BCUT2D eigenvalue weighted by Gasteiger charge is 2.18. The standard InChI is InChI=1S/C16H25N5O2/c1-5-20(6-2)14(7-12(3)4)10-18-16-13(9-17)8-15(11-19-16)21(22)23/h8,11-12,14H,5-7,10H2,1-4H3,(H,18,19)/t14-/m1/s1. The number of nitrogens with one attached hydrogen (secondary N) is 1. The van der Waals surface area contributed by atoms with E-state index in [1.807, 2.05) is 6.07 Å². The molecule has 1 atom stereocenters. The molecule has 0 saturated heterocycles. The second-order valence-electron chi connectivity index (χ2n) is 5.84. The molecule has 126 valence electrons. The van der Waals surface area contributed by atoms with E-state index in [1.165, 1.54) is 12.3 Å². The molecule has 0 aliphatic carbocycles. The van der Waals surface area contributed by atoms with Gasteiger partial charge in [0, 0.05) is 18.7 Å². The quantitative estimate of drug-likeness (QED) is 0.555. The van der Waals surface area contributed by atoms with Gasteiger partial charge in [-0.25, -0.2) is 4.98 Å². The van der Waals surface area contributed by atoms with Gasteiger partial charge in [0.1, 0.15) is 23.6 Å². The summed E-state index contributed by atoms with van der Waals surface area (Å²) in [6.07, 6.45) is 2.21. The zero-order valence-electron chi connectivity index (χ0n) is 14.2. The average Bonchev–Trinajstić information content (AvgIpc) is 2.52. The average molecular weight is 319 g/mol. The monoisotopic (exact) mass is 319 g/mol. The molecule has 0 spiro atoms. The summed E-state index contributed by atoms with van der Waals surface area (Å²) < 4.78 is 0. The van der Waals surface area contributed by atoms with Gasteiger partial charge in [-0.1, -0.05) is 27.7 Å².